The molecule has 0 heterocycles. The van der Waals surface area contributed by atoms with Gasteiger partial charge in [-0.2, -0.15) is 0 Å². The highest BCUT2D eigenvalue weighted by atomic mass is 79.9. The van der Waals surface area contributed by atoms with Crippen LogP contribution in [0.4, 0.5) is 0 Å². The van der Waals surface area contributed by atoms with Gasteiger partial charge >= 0.3 is 0 Å². The quantitative estimate of drug-likeness (QED) is 0.888. The van der Waals surface area contributed by atoms with E-state index in [0.717, 1.165) is 17.9 Å². The largest absolute Gasteiger partial charge is 0.314 e. The van der Waals surface area contributed by atoms with E-state index in [1.54, 1.807) is 0 Å². The zero-order valence-corrected chi connectivity index (χ0v) is 11.3. The smallest absolute Gasteiger partial charge is 0.0207 e. The zero-order chi connectivity index (χ0) is 11.1. The Labute approximate surface area is 106 Å². The van der Waals surface area contributed by atoms with Gasteiger partial charge in [-0.15, -0.1) is 0 Å². The monoisotopic (exact) mass is 279 g/mol. The van der Waals surface area contributed by atoms with Gasteiger partial charge in [-0.1, -0.05) is 28.1 Å². The molecule has 2 saturated carbocycles. The molecule has 1 nitrogen and oxygen atoms in total. The molecule has 0 spiro atoms. The van der Waals surface area contributed by atoms with Crippen LogP contribution in [0.25, 0.3) is 0 Å². The second kappa shape index (κ2) is 4.15. The molecule has 86 valence electrons. The second-order valence-corrected chi connectivity index (χ2v) is 6.15. The van der Waals surface area contributed by atoms with Crippen molar-refractivity contribution in [3.63, 3.8) is 0 Å². The van der Waals surface area contributed by atoms with Crippen molar-refractivity contribution in [2.75, 3.05) is 6.54 Å². The van der Waals surface area contributed by atoms with E-state index in [-0.39, 0.29) is 0 Å². The molecule has 2 aliphatic carbocycles. The molecule has 3 rings (SSSR count). The number of hydrogen-bond acceptors (Lipinski definition) is 1. The summed E-state index contributed by atoms with van der Waals surface area (Å²) in [6.07, 6.45) is 4.16. The maximum Gasteiger partial charge on any atom is 0.0207 e. The fraction of sp³-hybridized carbons (Fsp3) is 0.571. The highest BCUT2D eigenvalue weighted by Crippen LogP contribution is 2.47. The normalized spacial score (nSPS) is 28.1. The predicted molar refractivity (Wildman–Crippen MR) is 70.8 cm³/mol. The predicted octanol–water partition coefficient (Wildman–Crippen LogP) is 3.61. The van der Waals surface area contributed by atoms with Gasteiger partial charge in [0.15, 0.2) is 0 Å². The van der Waals surface area contributed by atoms with Crippen LogP contribution in [0.15, 0.2) is 22.7 Å². The Morgan fingerprint density at radius 2 is 2.19 bits per heavy atom. The van der Waals surface area contributed by atoms with Crippen LogP contribution in [-0.2, 0) is 0 Å². The molecule has 0 saturated heterocycles. The van der Waals surface area contributed by atoms with Crippen LogP contribution in [0, 0.1) is 12.8 Å². The summed E-state index contributed by atoms with van der Waals surface area (Å²) in [5, 5.41) is 3.63. The number of nitrogens with one attached hydrogen (secondary N) is 1. The van der Waals surface area contributed by atoms with E-state index in [4.69, 9.17) is 0 Å². The molecule has 16 heavy (non-hydrogen) atoms. The van der Waals surface area contributed by atoms with Crippen LogP contribution in [0.1, 0.15) is 36.3 Å². The van der Waals surface area contributed by atoms with E-state index in [0.29, 0.717) is 0 Å². The molecule has 0 aliphatic heterocycles. The van der Waals surface area contributed by atoms with E-state index in [2.05, 4.69) is 46.4 Å². The first-order valence-electron chi connectivity index (χ1n) is 6.23. The molecule has 2 unspecified atom stereocenters. The number of rotatable bonds is 4. The third-order valence-electron chi connectivity index (χ3n) is 3.79. The lowest BCUT2D eigenvalue weighted by Gasteiger charge is -2.04. The molecule has 1 aromatic rings. The first kappa shape index (κ1) is 10.8. The Morgan fingerprint density at radius 3 is 2.88 bits per heavy atom. The molecule has 1 aromatic carbocycles. The lowest BCUT2D eigenvalue weighted by atomic mass is 10.1. The van der Waals surface area contributed by atoms with Gasteiger partial charge in [0.05, 0.1) is 0 Å². The van der Waals surface area contributed by atoms with Crippen molar-refractivity contribution in [3.05, 3.63) is 33.8 Å². The molecule has 0 bridgehead atoms. The van der Waals surface area contributed by atoms with Crippen molar-refractivity contribution in [1.29, 1.82) is 0 Å². The van der Waals surface area contributed by atoms with Crippen molar-refractivity contribution in [2.24, 2.45) is 5.92 Å². The Hall–Kier alpha value is -0.340. The highest BCUT2D eigenvalue weighted by Gasteiger charge is 2.38. The minimum Gasteiger partial charge on any atom is -0.314 e. The van der Waals surface area contributed by atoms with Crippen molar-refractivity contribution in [3.8, 4) is 0 Å². The SMILES string of the molecule is Cc1ccc(C2CC2CNC2CC2)cc1Br. The maximum atomic E-state index is 3.63. The summed E-state index contributed by atoms with van der Waals surface area (Å²) in [5.74, 6) is 1.69. The zero-order valence-electron chi connectivity index (χ0n) is 9.67. The first-order chi connectivity index (χ1) is 7.74. The average Bonchev–Trinajstić information content (AvgIpc) is 3.13. The number of hydrogen-bond donors (Lipinski definition) is 1. The van der Waals surface area contributed by atoms with Crippen molar-refractivity contribution >= 4 is 15.9 Å². The van der Waals surface area contributed by atoms with Crippen LogP contribution < -0.4 is 5.32 Å². The molecule has 2 fully saturated rings. The third-order valence-corrected chi connectivity index (χ3v) is 4.65. The van der Waals surface area contributed by atoms with Crippen molar-refractivity contribution in [1.82, 2.24) is 5.32 Å². The molecule has 0 radical (unpaired) electrons. The Morgan fingerprint density at radius 1 is 1.38 bits per heavy atom. The lowest BCUT2D eigenvalue weighted by molar-refractivity contribution is 0.624. The number of benzene rings is 1. The van der Waals surface area contributed by atoms with Crippen LogP contribution in [0.2, 0.25) is 0 Å². The molecular weight excluding hydrogens is 262 g/mol. The summed E-state index contributed by atoms with van der Waals surface area (Å²) in [4.78, 5) is 0. The van der Waals surface area contributed by atoms with E-state index >= 15 is 0 Å². The van der Waals surface area contributed by atoms with Crippen LogP contribution >= 0.6 is 15.9 Å². The standard InChI is InChI=1S/C14H18BrN/c1-9-2-3-10(7-14(9)15)13-6-11(13)8-16-12-4-5-12/h2-3,7,11-13,16H,4-6,8H2,1H3. The summed E-state index contributed by atoms with van der Waals surface area (Å²) in [6, 6.07) is 7.67. The van der Waals surface area contributed by atoms with E-state index in [1.807, 2.05) is 0 Å². The molecule has 0 aromatic heterocycles. The summed E-state index contributed by atoms with van der Waals surface area (Å²) < 4.78 is 1.26. The highest BCUT2D eigenvalue weighted by molar-refractivity contribution is 9.10. The number of halogens is 1. The minimum atomic E-state index is 0.808. The van der Waals surface area contributed by atoms with Gasteiger partial charge in [-0.3, -0.25) is 0 Å². The molecule has 1 N–H and O–H groups in total. The topological polar surface area (TPSA) is 12.0 Å². The van der Waals surface area contributed by atoms with Crippen LogP contribution in [0.5, 0.6) is 0 Å². The maximum absolute atomic E-state index is 3.63. The van der Waals surface area contributed by atoms with Crippen LogP contribution in [-0.4, -0.2) is 12.6 Å². The molecule has 0 amide bonds. The fourth-order valence-corrected chi connectivity index (χ4v) is 2.72. The molecular formula is C14H18BrN. The van der Waals surface area contributed by atoms with Gasteiger partial charge in [-0.05, 0) is 61.8 Å². The van der Waals surface area contributed by atoms with Gasteiger partial charge in [0.25, 0.3) is 0 Å². The molecule has 2 atom stereocenters. The van der Waals surface area contributed by atoms with Gasteiger partial charge < -0.3 is 5.32 Å². The van der Waals surface area contributed by atoms with Crippen LogP contribution in [0.3, 0.4) is 0 Å². The number of aryl methyl sites for hydroxylation is 1. The Kier molecular flexibility index (Phi) is 2.80. The molecule has 2 heteroatoms. The summed E-state index contributed by atoms with van der Waals surface area (Å²) in [7, 11) is 0. The molecule has 2 aliphatic rings. The van der Waals surface area contributed by atoms with Crippen molar-refractivity contribution < 1.29 is 0 Å². The summed E-state index contributed by atoms with van der Waals surface area (Å²) in [5.41, 5.74) is 2.84. The van der Waals surface area contributed by atoms with Gasteiger partial charge in [0.1, 0.15) is 0 Å². The van der Waals surface area contributed by atoms with Gasteiger partial charge in [-0.25, -0.2) is 0 Å². The Bertz CT molecular complexity index is 398. The van der Waals surface area contributed by atoms with Gasteiger partial charge in [0.2, 0.25) is 0 Å². The Balaban J connectivity index is 1.59. The average molecular weight is 280 g/mol. The minimum absolute atomic E-state index is 0.808. The summed E-state index contributed by atoms with van der Waals surface area (Å²) >= 11 is 3.62. The van der Waals surface area contributed by atoms with Crippen molar-refractivity contribution in [2.45, 2.75) is 38.1 Å². The summed E-state index contributed by atoms with van der Waals surface area (Å²) in [6.45, 7) is 3.37. The third kappa shape index (κ3) is 2.33. The second-order valence-electron chi connectivity index (χ2n) is 5.29. The van der Waals surface area contributed by atoms with E-state index in [9.17, 15) is 0 Å². The lowest BCUT2D eigenvalue weighted by Crippen LogP contribution is -2.19. The van der Waals surface area contributed by atoms with Gasteiger partial charge in [0, 0.05) is 10.5 Å². The van der Waals surface area contributed by atoms with E-state index in [1.165, 1.54) is 41.4 Å². The first-order valence-corrected chi connectivity index (χ1v) is 7.03. The van der Waals surface area contributed by atoms with E-state index < -0.39 is 0 Å². The fourth-order valence-electron chi connectivity index (χ4n) is 2.33.